The minimum atomic E-state index is -0.282. The number of aryl methyl sites for hydroxylation is 1. The van der Waals surface area contributed by atoms with Gasteiger partial charge in [0.05, 0.1) is 23.6 Å². The summed E-state index contributed by atoms with van der Waals surface area (Å²) in [4.78, 5) is 16.5. The summed E-state index contributed by atoms with van der Waals surface area (Å²) in [6.07, 6.45) is 1.73. The highest BCUT2D eigenvalue weighted by Gasteiger charge is 2.14. The molecule has 100 valence electrons. The Balaban J connectivity index is 2.37. The molecule has 2 heterocycles. The molecular formula is C15H17NO2S. The van der Waals surface area contributed by atoms with Crippen LogP contribution in [0.2, 0.25) is 0 Å². The SMILES string of the molecule is CCCc1nc(-c2ccsc2)ccc1C(=O)OCC. The fraction of sp³-hybridized carbons (Fsp3) is 0.333. The van der Waals surface area contributed by atoms with Crippen LogP contribution in [0, 0.1) is 0 Å². The van der Waals surface area contributed by atoms with E-state index in [0.717, 1.165) is 29.8 Å². The first-order valence-electron chi connectivity index (χ1n) is 6.45. The molecule has 0 fully saturated rings. The average molecular weight is 275 g/mol. The summed E-state index contributed by atoms with van der Waals surface area (Å²) < 4.78 is 5.07. The van der Waals surface area contributed by atoms with Gasteiger partial charge in [-0.2, -0.15) is 11.3 Å². The molecule has 0 saturated carbocycles. The van der Waals surface area contributed by atoms with Crippen molar-refractivity contribution in [1.82, 2.24) is 4.98 Å². The first-order chi connectivity index (χ1) is 9.26. The van der Waals surface area contributed by atoms with Crippen molar-refractivity contribution in [2.24, 2.45) is 0 Å². The molecule has 0 aromatic carbocycles. The van der Waals surface area contributed by atoms with Crippen LogP contribution in [0.1, 0.15) is 36.3 Å². The number of hydrogen-bond donors (Lipinski definition) is 0. The zero-order chi connectivity index (χ0) is 13.7. The molecule has 0 saturated heterocycles. The van der Waals surface area contributed by atoms with Gasteiger partial charge >= 0.3 is 5.97 Å². The van der Waals surface area contributed by atoms with Crippen LogP contribution >= 0.6 is 11.3 Å². The van der Waals surface area contributed by atoms with E-state index in [1.165, 1.54) is 0 Å². The normalized spacial score (nSPS) is 10.4. The highest BCUT2D eigenvalue weighted by atomic mass is 32.1. The van der Waals surface area contributed by atoms with Crippen LogP contribution < -0.4 is 0 Å². The maximum Gasteiger partial charge on any atom is 0.339 e. The van der Waals surface area contributed by atoms with Crippen LogP contribution in [0.4, 0.5) is 0 Å². The molecule has 0 atom stereocenters. The summed E-state index contributed by atoms with van der Waals surface area (Å²) in [7, 11) is 0. The molecule has 2 aromatic heterocycles. The molecule has 0 bridgehead atoms. The minimum absolute atomic E-state index is 0.282. The lowest BCUT2D eigenvalue weighted by molar-refractivity contribution is 0.0524. The molecule has 19 heavy (non-hydrogen) atoms. The van der Waals surface area contributed by atoms with Gasteiger partial charge in [0, 0.05) is 10.9 Å². The van der Waals surface area contributed by atoms with Gasteiger partial charge in [0.25, 0.3) is 0 Å². The Kier molecular flexibility index (Phi) is 4.68. The molecule has 0 amide bonds. The summed E-state index contributed by atoms with van der Waals surface area (Å²) in [6, 6.07) is 5.74. The topological polar surface area (TPSA) is 39.2 Å². The molecule has 2 rings (SSSR count). The van der Waals surface area contributed by atoms with Crippen molar-refractivity contribution in [1.29, 1.82) is 0 Å². The summed E-state index contributed by atoms with van der Waals surface area (Å²) in [5, 5.41) is 4.08. The quantitative estimate of drug-likeness (QED) is 0.776. The van der Waals surface area contributed by atoms with Gasteiger partial charge in [0.2, 0.25) is 0 Å². The molecule has 0 radical (unpaired) electrons. The Morgan fingerprint density at radius 1 is 1.32 bits per heavy atom. The third-order valence-electron chi connectivity index (χ3n) is 2.77. The predicted molar refractivity (Wildman–Crippen MR) is 77.5 cm³/mol. The van der Waals surface area contributed by atoms with Crippen molar-refractivity contribution in [3.63, 3.8) is 0 Å². The number of thiophene rings is 1. The van der Waals surface area contributed by atoms with Crippen molar-refractivity contribution in [3.05, 3.63) is 40.2 Å². The third-order valence-corrected chi connectivity index (χ3v) is 3.46. The molecule has 2 aromatic rings. The van der Waals surface area contributed by atoms with E-state index in [1.807, 2.05) is 30.5 Å². The molecule has 0 spiro atoms. The van der Waals surface area contributed by atoms with Crippen LogP contribution in [0.15, 0.2) is 29.0 Å². The number of esters is 1. The molecule has 0 N–H and O–H groups in total. The molecule has 0 aliphatic heterocycles. The van der Waals surface area contributed by atoms with E-state index < -0.39 is 0 Å². The number of ether oxygens (including phenoxy) is 1. The Morgan fingerprint density at radius 3 is 2.79 bits per heavy atom. The third kappa shape index (κ3) is 3.20. The fourth-order valence-corrected chi connectivity index (χ4v) is 2.54. The number of carbonyl (C=O) groups is 1. The first-order valence-corrected chi connectivity index (χ1v) is 7.40. The first kappa shape index (κ1) is 13.7. The van der Waals surface area contributed by atoms with Crippen LogP contribution in [-0.2, 0) is 11.2 Å². The van der Waals surface area contributed by atoms with E-state index in [-0.39, 0.29) is 5.97 Å². The Morgan fingerprint density at radius 2 is 2.16 bits per heavy atom. The van der Waals surface area contributed by atoms with E-state index in [2.05, 4.69) is 17.3 Å². The Bertz CT molecular complexity index is 549. The van der Waals surface area contributed by atoms with Gasteiger partial charge in [-0.15, -0.1) is 0 Å². The molecule has 3 nitrogen and oxygen atoms in total. The zero-order valence-corrected chi connectivity index (χ0v) is 12.0. The van der Waals surface area contributed by atoms with E-state index in [9.17, 15) is 4.79 Å². The van der Waals surface area contributed by atoms with E-state index in [4.69, 9.17) is 4.74 Å². The van der Waals surface area contributed by atoms with Crippen molar-refractivity contribution in [2.45, 2.75) is 26.7 Å². The summed E-state index contributed by atoms with van der Waals surface area (Å²) >= 11 is 1.64. The number of rotatable bonds is 5. The number of nitrogens with zero attached hydrogens (tertiary/aromatic N) is 1. The highest BCUT2D eigenvalue weighted by Crippen LogP contribution is 2.22. The van der Waals surface area contributed by atoms with Crippen LogP contribution in [-0.4, -0.2) is 17.6 Å². The predicted octanol–water partition coefficient (Wildman–Crippen LogP) is 3.94. The Labute approximate surface area is 117 Å². The number of carbonyl (C=O) groups excluding carboxylic acids is 1. The molecule has 0 aliphatic rings. The van der Waals surface area contributed by atoms with Crippen LogP contribution in [0.5, 0.6) is 0 Å². The Hall–Kier alpha value is -1.68. The lowest BCUT2D eigenvalue weighted by atomic mass is 10.1. The summed E-state index contributed by atoms with van der Waals surface area (Å²) in [5.41, 5.74) is 3.42. The molecule has 4 heteroatoms. The molecule has 0 unspecified atom stereocenters. The lowest BCUT2D eigenvalue weighted by Gasteiger charge is -2.09. The highest BCUT2D eigenvalue weighted by molar-refractivity contribution is 7.08. The minimum Gasteiger partial charge on any atom is -0.462 e. The van der Waals surface area contributed by atoms with Gasteiger partial charge in [0.1, 0.15) is 0 Å². The average Bonchev–Trinajstić information content (AvgIpc) is 2.93. The largest absolute Gasteiger partial charge is 0.462 e. The van der Waals surface area contributed by atoms with Crippen molar-refractivity contribution in [3.8, 4) is 11.3 Å². The second-order valence-corrected chi connectivity index (χ2v) is 4.95. The smallest absolute Gasteiger partial charge is 0.339 e. The lowest BCUT2D eigenvalue weighted by Crippen LogP contribution is -2.10. The van der Waals surface area contributed by atoms with E-state index in [1.54, 1.807) is 11.3 Å². The van der Waals surface area contributed by atoms with Gasteiger partial charge in [-0.1, -0.05) is 13.3 Å². The standard InChI is InChI=1S/C15H17NO2S/c1-3-5-14-12(15(17)18-4-2)6-7-13(16-14)11-8-9-19-10-11/h6-10H,3-5H2,1-2H3. The maximum atomic E-state index is 11.9. The summed E-state index contributed by atoms with van der Waals surface area (Å²) in [5.74, 6) is -0.282. The second-order valence-electron chi connectivity index (χ2n) is 4.17. The zero-order valence-electron chi connectivity index (χ0n) is 11.2. The fourth-order valence-electron chi connectivity index (χ4n) is 1.89. The van der Waals surface area contributed by atoms with Crippen LogP contribution in [0.3, 0.4) is 0 Å². The van der Waals surface area contributed by atoms with Gasteiger partial charge in [-0.3, -0.25) is 4.98 Å². The maximum absolute atomic E-state index is 11.9. The number of aromatic nitrogens is 1. The van der Waals surface area contributed by atoms with Crippen molar-refractivity contribution >= 4 is 17.3 Å². The van der Waals surface area contributed by atoms with Gasteiger partial charge in [-0.25, -0.2) is 4.79 Å². The molecular weight excluding hydrogens is 258 g/mol. The monoisotopic (exact) mass is 275 g/mol. The van der Waals surface area contributed by atoms with Crippen molar-refractivity contribution < 1.29 is 9.53 Å². The molecule has 0 aliphatic carbocycles. The summed E-state index contributed by atoms with van der Waals surface area (Å²) in [6.45, 7) is 4.27. The number of pyridine rings is 1. The van der Waals surface area contributed by atoms with Crippen LogP contribution in [0.25, 0.3) is 11.3 Å². The van der Waals surface area contributed by atoms with E-state index >= 15 is 0 Å². The second kappa shape index (κ2) is 6.48. The van der Waals surface area contributed by atoms with Gasteiger partial charge in [-0.05, 0) is 36.9 Å². The van der Waals surface area contributed by atoms with Crippen molar-refractivity contribution in [2.75, 3.05) is 6.61 Å². The van der Waals surface area contributed by atoms with E-state index in [0.29, 0.717) is 12.2 Å². The number of hydrogen-bond acceptors (Lipinski definition) is 4. The van der Waals surface area contributed by atoms with Gasteiger partial charge < -0.3 is 4.74 Å². The van der Waals surface area contributed by atoms with Gasteiger partial charge in [0.15, 0.2) is 0 Å².